The highest BCUT2D eigenvalue weighted by Crippen LogP contribution is 1.99. The van der Waals surface area contributed by atoms with Gasteiger partial charge in [0.1, 0.15) is 0 Å². The molecule has 0 fully saturated rings. The average Bonchev–Trinajstić information content (AvgIpc) is 2.50. The molecule has 0 aromatic carbocycles. The van der Waals surface area contributed by atoms with Gasteiger partial charge >= 0.3 is 5.97 Å². The van der Waals surface area contributed by atoms with Crippen molar-refractivity contribution in [2.45, 2.75) is 58.3 Å². The van der Waals surface area contributed by atoms with Crippen LogP contribution in [0, 0.1) is 0 Å². The highest BCUT2D eigenvalue weighted by Gasteiger charge is 1.90. The molecule has 2 nitrogen and oxygen atoms in total. The fourth-order valence-corrected chi connectivity index (χ4v) is 1.73. The molecule has 0 aliphatic heterocycles. The van der Waals surface area contributed by atoms with Gasteiger partial charge in [-0.05, 0) is 44.9 Å². The van der Waals surface area contributed by atoms with Gasteiger partial charge in [0, 0.05) is 6.42 Å². The number of rotatable bonds is 13. The molecule has 122 valence electrons. The van der Waals surface area contributed by atoms with Gasteiger partial charge in [-0.3, -0.25) is 4.79 Å². The van der Waals surface area contributed by atoms with Gasteiger partial charge in [-0.1, -0.05) is 67.7 Å². The lowest BCUT2D eigenvalue weighted by molar-refractivity contribution is -0.136. The number of carboxylic acids is 1. The lowest BCUT2D eigenvalue weighted by Gasteiger charge is -1.88. The Morgan fingerprint density at radius 2 is 1.09 bits per heavy atom. The van der Waals surface area contributed by atoms with E-state index in [1.807, 2.05) is 12.2 Å². The van der Waals surface area contributed by atoms with Crippen molar-refractivity contribution in [2.24, 2.45) is 0 Å². The maximum Gasteiger partial charge on any atom is 0.303 e. The molecule has 0 aliphatic rings. The lowest BCUT2D eigenvalue weighted by atomic mass is 10.2. The molecular weight excluding hydrogens is 272 g/mol. The Morgan fingerprint density at radius 3 is 1.55 bits per heavy atom. The van der Waals surface area contributed by atoms with Crippen LogP contribution in [0.4, 0.5) is 0 Å². The second kappa shape index (κ2) is 17.2. The first-order valence-corrected chi connectivity index (χ1v) is 8.24. The number of unbranched alkanes of at least 4 members (excludes halogenated alkanes) is 1. The molecule has 0 amide bonds. The highest BCUT2D eigenvalue weighted by atomic mass is 16.4. The summed E-state index contributed by atoms with van der Waals surface area (Å²) in [4.78, 5) is 10.3. The zero-order valence-electron chi connectivity index (χ0n) is 13.8. The van der Waals surface area contributed by atoms with Gasteiger partial charge < -0.3 is 5.11 Å². The molecule has 0 aromatic heterocycles. The SMILES string of the molecule is CCC=CCC=CCC=CCCC=CCC=CCCC(=O)O. The molecule has 0 unspecified atom stereocenters. The van der Waals surface area contributed by atoms with Crippen LogP contribution < -0.4 is 0 Å². The van der Waals surface area contributed by atoms with Crippen molar-refractivity contribution in [3.63, 3.8) is 0 Å². The van der Waals surface area contributed by atoms with Crippen LogP contribution in [0.5, 0.6) is 0 Å². The minimum Gasteiger partial charge on any atom is -0.481 e. The van der Waals surface area contributed by atoms with E-state index in [1.165, 1.54) is 0 Å². The van der Waals surface area contributed by atoms with Crippen LogP contribution in [-0.2, 0) is 4.79 Å². The molecule has 22 heavy (non-hydrogen) atoms. The number of allylic oxidation sites excluding steroid dienone is 10. The molecule has 0 spiro atoms. The summed E-state index contributed by atoms with van der Waals surface area (Å²) in [5.74, 6) is -0.737. The summed E-state index contributed by atoms with van der Waals surface area (Å²) in [7, 11) is 0. The van der Waals surface area contributed by atoms with Gasteiger partial charge in [-0.25, -0.2) is 0 Å². The second-order valence-corrected chi connectivity index (χ2v) is 4.98. The first-order chi connectivity index (χ1) is 10.8. The zero-order valence-corrected chi connectivity index (χ0v) is 13.8. The Labute approximate surface area is 135 Å². The van der Waals surface area contributed by atoms with Gasteiger partial charge in [0.05, 0.1) is 0 Å². The van der Waals surface area contributed by atoms with Crippen LogP contribution in [0.3, 0.4) is 0 Å². The van der Waals surface area contributed by atoms with Crippen molar-refractivity contribution in [3.05, 3.63) is 60.8 Å². The summed E-state index contributed by atoms with van der Waals surface area (Å²) in [6.07, 6.45) is 28.5. The van der Waals surface area contributed by atoms with Crippen molar-refractivity contribution < 1.29 is 9.90 Å². The summed E-state index contributed by atoms with van der Waals surface area (Å²) in [5, 5.41) is 8.48. The third-order valence-corrected chi connectivity index (χ3v) is 2.91. The predicted molar refractivity (Wildman–Crippen MR) is 95.9 cm³/mol. The summed E-state index contributed by atoms with van der Waals surface area (Å²) in [6.45, 7) is 2.15. The zero-order chi connectivity index (χ0) is 16.3. The number of carboxylic acid groups (broad SMARTS) is 1. The molecule has 0 heterocycles. The average molecular weight is 302 g/mol. The fraction of sp³-hybridized carbons (Fsp3) is 0.450. The minimum absolute atomic E-state index is 0.217. The molecular formula is C20H30O2. The normalized spacial score (nSPS) is 12.8. The van der Waals surface area contributed by atoms with Crippen molar-refractivity contribution in [2.75, 3.05) is 0 Å². The van der Waals surface area contributed by atoms with E-state index in [-0.39, 0.29) is 6.42 Å². The topological polar surface area (TPSA) is 37.3 Å². The van der Waals surface area contributed by atoms with Gasteiger partial charge in [0.25, 0.3) is 0 Å². The third kappa shape index (κ3) is 18.2. The van der Waals surface area contributed by atoms with Gasteiger partial charge in [-0.15, -0.1) is 0 Å². The molecule has 2 heteroatoms. The molecule has 0 saturated carbocycles. The molecule has 0 aromatic rings. The van der Waals surface area contributed by atoms with E-state index >= 15 is 0 Å². The highest BCUT2D eigenvalue weighted by molar-refractivity contribution is 5.66. The second-order valence-electron chi connectivity index (χ2n) is 4.98. The van der Waals surface area contributed by atoms with Crippen LogP contribution in [-0.4, -0.2) is 11.1 Å². The fourth-order valence-electron chi connectivity index (χ4n) is 1.73. The number of hydrogen-bond donors (Lipinski definition) is 1. The monoisotopic (exact) mass is 302 g/mol. The van der Waals surface area contributed by atoms with Crippen molar-refractivity contribution >= 4 is 5.97 Å². The first-order valence-electron chi connectivity index (χ1n) is 8.24. The van der Waals surface area contributed by atoms with Crippen LogP contribution >= 0.6 is 0 Å². The van der Waals surface area contributed by atoms with Crippen LogP contribution in [0.25, 0.3) is 0 Å². The summed E-state index contributed by atoms with van der Waals surface area (Å²) in [6, 6.07) is 0. The van der Waals surface area contributed by atoms with E-state index in [0.29, 0.717) is 6.42 Å². The maximum atomic E-state index is 10.3. The Bertz CT molecular complexity index is 398. The predicted octanol–water partition coefficient (Wildman–Crippen LogP) is 5.99. The molecule has 1 N–H and O–H groups in total. The van der Waals surface area contributed by atoms with E-state index in [4.69, 9.17) is 5.11 Å². The number of hydrogen-bond acceptors (Lipinski definition) is 1. The van der Waals surface area contributed by atoms with E-state index in [2.05, 4.69) is 55.5 Å². The summed E-state index contributed by atoms with van der Waals surface area (Å²) in [5.41, 5.74) is 0. The number of carbonyl (C=O) groups is 1. The molecule has 0 saturated heterocycles. The van der Waals surface area contributed by atoms with Gasteiger partial charge in [0.15, 0.2) is 0 Å². The Morgan fingerprint density at radius 1 is 0.682 bits per heavy atom. The summed E-state index contributed by atoms with van der Waals surface area (Å²) < 4.78 is 0. The van der Waals surface area contributed by atoms with Crippen molar-refractivity contribution in [3.8, 4) is 0 Å². The molecule has 0 rings (SSSR count). The first kappa shape index (κ1) is 20.2. The molecule has 0 aliphatic carbocycles. The maximum absolute atomic E-state index is 10.3. The van der Waals surface area contributed by atoms with Gasteiger partial charge in [0.2, 0.25) is 0 Å². The van der Waals surface area contributed by atoms with E-state index < -0.39 is 5.97 Å². The largest absolute Gasteiger partial charge is 0.481 e. The molecule has 0 radical (unpaired) electrons. The Kier molecular flexibility index (Phi) is 15.8. The quantitative estimate of drug-likeness (QED) is 0.335. The Balaban J connectivity index is 3.44. The number of aliphatic carboxylic acids is 1. The smallest absolute Gasteiger partial charge is 0.303 e. The van der Waals surface area contributed by atoms with Crippen molar-refractivity contribution in [1.29, 1.82) is 0 Å². The standard InChI is InChI=1S/C20H30O2/c1-2-3-4-5-6-7-8-9-10-11-12-13-14-15-16-17-18-19-20(21)22/h3-4,6-7,9-10,13-14,16-17H,2,5,8,11-12,15,18-19H2,1H3,(H,21,22). The summed E-state index contributed by atoms with van der Waals surface area (Å²) >= 11 is 0. The van der Waals surface area contributed by atoms with Crippen LogP contribution in [0.15, 0.2) is 60.8 Å². The molecule has 0 bridgehead atoms. The third-order valence-electron chi connectivity index (χ3n) is 2.91. The lowest BCUT2D eigenvalue weighted by Crippen LogP contribution is -1.91. The Hall–Kier alpha value is -1.83. The van der Waals surface area contributed by atoms with Crippen LogP contribution in [0.2, 0.25) is 0 Å². The van der Waals surface area contributed by atoms with E-state index in [1.54, 1.807) is 0 Å². The van der Waals surface area contributed by atoms with E-state index in [9.17, 15) is 4.79 Å². The van der Waals surface area contributed by atoms with Gasteiger partial charge in [-0.2, -0.15) is 0 Å². The van der Waals surface area contributed by atoms with Crippen LogP contribution in [0.1, 0.15) is 58.3 Å². The van der Waals surface area contributed by atoms with Crippen molar-refractivity contribution in [1.82, 2.24) is 0 Å². The van der Waals surface area contributed by atoms with E-state index in [0.717, 1.165) is 38.5 Å². The minimum atomic E-state index is -0.737. The molecule has 0 atom stereocenters.